The minimum absolute atomic E-state index is 0. The van der Waals surface area contributed by atoms with Crippen molar-refractivity contribution in [2.75, 3.05) is 0 Å². The standard InChI is InChI=1S/C11H17N5.ClH/c1-7-3-4-9(8(2)5-7)6-15-11(14)16-10(12)13;/h3-5H,6H2,1-2H3,(H6,12,13,14,15,16);1H. The third-order valence-electron chi connectivity index (χ3n) is 2.15. The second-order valence-electron chi connectivity index (χ2n) is 3.64. The first-order chi connectivity index (χ1) is 7.49. The zero-order chi connectivity index (χ0) is 12.1. The van der Waals surface area contributed by atoms with Gasteiger partial charge in [0.2, 0.25) is 5.96 Å². The Labute approximate surface area is 107 Å². The largest absolute Gasteiger partial charge is 0.370 e. The van der Waals surface area contributed by atoms with E-state index in [9.17, 15) is 0 Å². The van der Waals surface area contributed by atoms with Crippen LogP contribution in [0.2, 0.25) is 0 Å². The molecule has 94 valence electrons. The summed E-state index contributed by atoms with van der Waals surface area (Å²) in [5.41, 5.74) is 19.4. The van der Waals surface area contributed by atoms with E-state index in [0.717, 1.165) is 5.56 Å². The average molecular weight is 256 g/mol. The SMILES string of the molecule is Cc1ccc(CN=C(N)N=C(N)N)c(C)c1.Cl. The molecule has 0 aromatic heterocycles. The molecule has 5 nitrogen and oxygen atoms in total. The first-order valence-electron chi connectivity index (χ1n) is 4.94. The van der Waals surface area contributed by atoms with Crippen LogP contribution in [0.1, 0.15) is 16.7 Å². The summed E-state index contributed by atoms with van der Waals surface area (Å²) in [7, 11) is 0. The molecule has 0 radical (unpaired) electrons. The molecule has 0 heterocycles. The summed E-state index contributed by atoms with van der Waals surface area (Å²) in [6.45, 7) is 4.57. The minimum Gasteiger partial charge on any atom is -0.370 e. The van der Waals surface area contributed by atoms with Crippen molar-refractivity contribution in [1.82, 2.24) is 0 Å². The van der Waals surface area contributed by atoms with E-state index < -0.39 is 0 Å². The highest BCUT2D eigenvalue weighted by molar-refractivity contribution is 5.92. The smallest absolute Gasteiger partial charge is 0.218 e. The van der Waals surface area contributed by atoms with Crippen LogP contribution < -0.4 is 17.2 Å². The van der Waals surface area contributed by atoms with Gasteiger partial charge in [-0.05, 0) is 25.0 Å². The predicted molar refractivity (Wildman–Crippen MR) is 74.3 cm³/mol. The zero-order valence-electron chi connectivity index (χ0n) is 9.97. The Morgan fingerprint density at radius 2 is 1.82 bits per heavy atom. The number of aryl methyl sites for hydroxylation is 2. The highest BCUT2D eigenvalue weighted by atomic mass is 35.5. The van der Waals surface area contributed by atoms with Gasteiger partial charge in [0.1, 0.15) is 0 Å². The second-order valence-corrected chi connectivity index (χ2v) is 3.64. The van der Waals surface area contributed by atoms with Gasteiger partial charge in [-0.3, -0.25) is 0 Å². The summed E-state index contributed by atoms with van der Waals surface area (Å²) >= 11 is 0. The summed E-state index contributed by atoms with van der Waals surface area (Å²) in [4.78, 5) is 7.71. The Balaban J connectivity index is 0.00000256. The van der Waals surface area contributed by atoms with Crippen molar-refractivity contribution in [2.45, 2.75) is 20.4 Å². The molecule has 0 aliphatic carbocycles. The van der Waals surface area contributed by atoms with Crippen molar-refractivity contribution in [3.63, 3.8) is 0 Å². The van der Waals surface area contributed by atoms with Crippen LogP contribution in [0.15, 0.2) is 28.2 Å². The van der Waals surface area contributed by atoms with Crippen molar-refractivity contribution in [3.8, 4) is 0 Å². The number of hydrogen-bond acceptors (Lipinski definition) is 1. The Morgan fingerprint density at radius 1 is 1.18 bits per heavy atom. The molecule has 0 spiro atoms. The van der Waals surface area contributed by atoms with Crippen molar-refractivity contribution in [1.29, 1.82) is 0 Å². The molecule has 0 saturated carbocycles. The Kier molecular flexibility index (Phi) is 6.06. The van der Waals surface area contributed by atoms with E-state index in [4.69, 9.17) is 17.2 Å². The molecule has 0 unspecified atom stereocenters. The van der Waals surface area contributed by atoms with Crippen molar-refractivity contribution >= 4 is 24.3 Å². The maximum absolute atomic E-state index is 5.50. The molecule has 0 fully saturated rings. The van der Waals surface area contributed by atoms with Gasteiger partial charge in [0.05, 0.1) is 6.54 Å². The molecule has 6 heteroatoms. The van der Waals surface area contributed by atoms with Crippen LogP contribution in [0.3, 0.4) is 0 Å². The number of benzene rings is 1. The molecule has 6 N–H and O–H groups in total. The van der Waals surface area contributed by atoms with Gasteiger partial charge in [-0.1, -0.05) is 23.8 Å². The van der Waals surface area contributed by atoms with Gasteiger partial charge in [0, 0.05) is 0 Å². The third kappa shape index (κ3) is 5.21. The molecule has 1 rings (SSSR count). The summed E-state index contributed by atoms with van der Waals surface area (Å²) in [5, 5.41) is 0. The normalized spacial score (nSPS) is 10.6. The van der Waals surface area contributed by atoms with Crippen LogP contribution in [0, 0.1) is 13.8 Å². The van der Waals surface area contributed by atoms with Crippen LogP contribution in [-0.4, -0.2) is 11.9 Å². The van der Waals surface area contributed by atoms with Crippen molar-refractivity contribution < 1.29 is 0 Å². The fourth-order valence-corrected chi connectivity index (χ4v) is 1.36. The zero-order valence-corrected chi connectivity index (χ0v) is 10.8. The lowest BCUT2D eigenvalue weighted by Gasteiger charge is -2.03. The minimum atomic E-state index is -0.0816. The number of hydrogen-bond donors (Lipinski definition) is 3. The quantitative estimate of drug-likeness (QED) is 0.538. The van der Waals surface area contributed by atoms with E-state index in [0.29, 0.717) is 6.54 Å². The maximum atomic E-state index is 5.50. The van der Waals surface area contributed by atoms with Crippen LogP contribution in [0.4, 0.5) is 0 Å². The number of halogens is 1. The summed E-state index contributed by atoms with van der Waals surface area (Å²) < 4.78 is 0. The Hall–Kier alpha value is -1.75. The number of nitrogens with two attached hydrogens (primary N) is 3. The highest BCUT2D eigenvalue weighted by Gasteiger charge is 1.97. The molecule has 17 heavy (non-hydrogen) atoms. The van der Waals surface area contributed by atoms with E-state index in [-0.39, 0.29) is 24.3 Å². The van der Waals surface area contributed by atoms with Gasteiger partial charge >= 0.3 is 0 Å². The molecule has 0 amide bonds. The summed E-state index contributed by atoms with van der Waals surface area (Å²) in [5.74, 6) is 0.0156. The first-order valence-corrected chi connectivity index (χ1v) is 4.94. The van der Waals surface area contributed by atoms with Gasteiger partial charge in [-0.2, -0.15) is 4.99 Å². The van der Waals surface area contributed by atoms with Gasteiger partial charge in [0.15, 0.2) is 5.96 Å². The van der Waals surface area contributed by atoms with Gasteiger partial charge in [-0.15, -0.1) is 12.4 Å². The first kappa shape index (κ1) is 15.2. The molecule has 0 atom stereocenters. The lowest BCUT2D eigenvalue weighted by Crippen LogP contribution is -2.26. The Bertz CT molecular complexity index is 435. The van der Waals surface area contributed by atoms with Gasteiger partial charge < -0.3 is 17.2 Å². The number of aliphatic imine (C=N–C) groups is 2. The fourth-order valence-electron chi connectivity index (χ4n) is 1.36. The van der Waals surface area contributed by atoms with Crippen LogP contribution >= 0.6 is 12.4 Å². The second kappa shape index (κ2) is 6.75. The van der Waals surface area contributed by atoms with Crippen LogP contribution in [0.5, 0.6) is 0 Å². The molecule has 0 aliphatic heterocycles. The van der Waals surface area contributed by atoms with Crippen molar-refractivity contribution in [3.05, 3.63) is 34.9 Å². The van der Waals surface area contributed by atoms with Gasteiger partial charge in [-0.25, -0.2) is 4.99 Å². The molecule has 0 bridgehead atoms. The number of guanidine groups is 2. The van der Waals surface area contributed by atoms with E-state index in [1.807, 2.05) is 26.0 Å². The predicted octanol–water partition coefficient (Wildman–Crippen LogP) is 0.813. The Morgan fingerprint density at radius 3 is 2.35 bits per heavy atom. The van der Waals surface area contributed by atoms with Crippen molar-refractivity contribution in [2.24, 2.45) is 27.2 Å². The summed E-state index contributed by atoms with van der Waals surface area (Å²) in [6.07, 6.45) is 0. The average Bonchev–Trinajstić information content (AvgIpc) is 2.15. The summed E-state index contributed by atoms with van der Waals surface area (Å²) in [6, 6.07) is 6.16. The number of rotatable bonds is 2. The molecule has 0 saturated heterocycles. The van der Waals surface area contributed by atoms with Crippen LogP contribution in [0.25, 0.3) is 0 Å². The number of nitrogens with zero attached hydrogens (tertiary/aromatic N) is 2. The molecular weight excluding hydrogens is 238 g/mol. The van der Waals surface area contributed by atoms with E-state index in [2.05, 4.69) is 16.1 Å². The highest BCUT2D eigenvalue weighted by Crippen LogP contribution is 2.11. The molecule has 1 aromatic rings. The van der Waals surface area contributed by atoms with Gasteiger partial charge in [0.25, 0.3) is 0 Å². The fraction of sp³-hybridized carbons (Fsp3) is 0.273. The van der Waals surface area contributed by atoms with E-state index in [1.165, 1.54) is 11.1 Å². The lowest BCUT2D eigenvalue weighted by molar-refractivity contribution is 1.03. The third-order valence-corrected chi connectivity index (χ3v) is 2.15. The molecule has 1 aromatic carbocycles. The monoisotopic (exact) mass is 255 g/mol. The molecular formula is C11H18ClN5. The van der Waals surface area contributed by atoms with E-state index >= 15 is 0 Å². The lowest BCUT2D eigenvalue weighted by atomic mass is 10.1. The maximum Gasteiger partial charge on any atom is 0.218 e. The van der Waals surface area contributed by atoms with E-state index in [1.54, 1.807) is 0 Å². The molecule has 0 aliphatic rings. The topological polar surface area (TPSA) is 103 Å². The van der Waals surface area contributed by atoms with Crippen LogP contribution in [-0.2, 0) is 6.54 Å².